The molecule has 1 heterocycles. The average molecular weight is 333 g/mol. The first-order valence-electron chi connectivity index (χ1n) is 5.41. The largest absolute Gasteiger partial charge is 0.464 e. The fraction of sp³-hybridized carbons (Fsp3) is 0.231. The smallest absolute Gasteiger partial charge is 0.148 e. The Labute approximate surface area is 118 Å². The topological polar surface area (TPSA) is 25.2 Å². The van der Waals surface area contributed by atoms with E-state index in [-0.39, 0.29) is 11.1 Å². The van der Waals surface area contributed by atoms with E-state index in [4.69, 9.17) is 16.0 Å². The minimum Gasteiger partial charge on any atom is -0.464 e. The molecule has 2 nitrogen and oxygen atoms in total. The SMILES string of the molecule is CNC(c1ccc(C)o1)c1ccc(Br)c(Cl)c1F. The van der Waals surface area contributed by atoms with Gasteiger partial charge in [-0.25, -0.2) is 4.39 Å². The molecule has 5 heteroatoms. The predicted octanol–water partition coefficient (Wildman–Crippen LogP) is 4.45. The Bertz CT molecular complexity index is 570. The van der Waals surface area contributed by atoms with Crippen molar-refractivity contribution in [1.82, 2.24) is 5.32 Å². The van der Waals surface area contributed by atoms with Gasteiger partial charge in [-0.1, -0.05) is 17.7 Å². The fourth-order valence-electron chi connectivity index (χ4n) is 1.82. The van der Waals surface area contributed by atoms with Crippen LogP contribution in [0, 0.1) is 12.7 Å². The van der Waals surface area contributed by atoms with Crippen molar-refractivity contribution in [1.29, 1.82) is 0 Å². The van der Waals surface area contributed by atoms with Crippen LogP contribution in [-0.2, 0) is 0 Å². The minimum atomic E-state index is -0.445. The Morgan fingerprint density at radius 1 is 1.33 bits per heavy atom. The molecule has 0 aliphatic heterocycles. The van der Waals surface area contributed by atoms with E-state index in [1.165, 1.54) is 0 Å². The molecule has 1 atom stereocenters. The lowest BCUT2D eigenvalue weighted by atomic mass is 10.0. The summed E-state index contributed by atoms with van der Waals surface area (Å²) in [7, 11) is 1.75. The molecule has 1 N–H and O–H groups in total. The van der Waals surface area contributed by atoms with Crippen molar-refractivity contribution in [3.05, 3.63) is 56.7 Å². The molecular weight excluding hydrogens is 321 g/mol. The van der Waals surface area contributed by atoms with E-state index in [0.717, 1.165) is 5.76 Å². The fourth-order valence-corrected chi connectivity index (χ4v) is 2.30. The van der Waals surface area contributed by atoms with Crippen molar-refractivity contribution in [2.24, 2.45) is 0 Å². The zero-order valence-corrected chi connectivity index (χ0v) is 12.3. The van der Waals surface area contributed by atoms with Crippen molar-refractivity contribution in [3.8, 4) is 0 Å². The van der Waals surface area contributed by atoms with E-state index in [2.05, 4.69) is 21.2 Å². The molecule has 0 aliphatic rings. The van der Waals surface area contributed by atoms with Crippen molar-refractivity contribution < 1.29 is 8.81 Å². The molecule has 1 aromatic carbocycles. The molecule has 0 fully saturated rings. The summed E-state index contributed by atoms with van der Waals surface area (Å²) in [6, 6.07) is 6.72. The number of halogens is 3. The van der Waals surface area contributed by atoms with Gasteiger partial charge in [-0.15, -0.1) is 0 Å². The van der Waals surface area contributed by atoms with Crippen LogP contribution >= 0.6 is 27.5 Å². The zero-order chi connectivity index (χ0) is 13.3. The van der Waals surface area contributed by atoms with Gasteiger partial charge >= 0.3 is 0 Å². The van der Waals surface area contributed by atoms with E-state index in [0.29, 0.717) is 15.8 Å². The lowest BCUT2D eigenvalue weighted by Crippen LogP contribution is -2.18. The van der Waals surface area contributed by atoms with E-state index in [1.54, 1.807) is 19.2 Å². The van der Waals surface area contributed by atoms with E-state index < -0.39 is 5.82 Å². The van der Waals surface area contributed by atoms with Crippen LogP contribution in [0.4, 0.5) is 4.39 Å². The highest BCUT2D eigenvalue weighted by Crippen LogP contribution is 2.33. The van der Waals surface area contributed by atoms with E-state index >= 15 is 0 Å². The maximum absolute atomic E-state index is 14.1. The predicted molar refractivity (Wildman–Crippen MR) is 73.5 cm³/mol. The molecule has 0 aliphatic carbocycles. The number of nitrogens with one attached hydrogen (secondary N) is 1. The maximum Gasteiger partial charge on any atom is 0.148 e. The minimum absolute atomic E-state index is 0.0797. The van der Waals surface area contributed by atoms with E-state index in [1.807, 2.05) is 19.1 Å². The van der Waals surface area contributed by atoms with Gasteiger partial charge in [0.05, 0.1) is 11.1 Å². The van der Waals surface area contributed by atoms with Crippen LogP contribution in [0.25, 0.3) is 0 Å². The summed E-state index contributed by atoms with van der Waals surface area (Å²) in [5, 5.41) is 3.11. The van der Waals surface area contributed by atoms with Crippen molar-refractivity contribution in [2.75, 3.05) is 7.05 Å². The molecule has 1 aromatic heterocycles. The molecule has 0 amide bonds. The molecule has 0 radical (unpaired) electrons. The number of hydrogen-bond acceptors (Lipinski definition) is 2. The van der Waals surface area contributed by atoms with Gasteiger partial charge in [0, 0.05) is 10.0 Å². The molecule has 0 spiro atoms. The van der Waals surface area contributed by atoms with Gasteiger partial charge in [0.15, 0.2) is 0 Å². The summed E-state index contributed by atoms with van der Waals surface area (Å²) in [5.74, 6) is 1.00. The van der Waals surface area contributed by atoms with Crippen LogP contribution < -0.4 is 5.32 Å². The number of hydrogen-bond donors (Lipinski definition) is 1. The van der Waals surface area contributed by atoms with Gasteiger partial charge in [0.1, 0.15) is 17.3 Å². The van der Waals surface area contributed by atoms with Crippen LogP contribution in [0.2, 0.25) is 5.02 Å². The molecule has 0 saturated heterocycles. The normalized spacial score (nSPS) is 12.7. The van der Waals surface area contributed by atoms with Gasteiger partial charge < -0.3 is 9.73 Å². The van der Waals surface area contributed by atoms with Crippen LogP contribution in [-0.4, -0.2) is 7.05 Å². The zero-order valence-electron chi connectivity index (χ0n) is 9.93. The first-order valence-corrected chi connectivity index (χ1v) is 6.58. The highest BCUT2D eigenvalue weighted by Gasteiger charge is 2.21. The molecular formula is C13H12BrClFNO. The van der Waals surface area contributed by atoms with Gasteiger partial charge in [-0.05, 0) is 48.1 Å². The number of aryl methyl sites for hydroxylation is 1. The summed E-state index contributed by atoms with van der Waals surface area (Å²) < 4.78 is 20.2. The Morgan fingerprint density at radius 2 is 2.06 bits per heavy atom. The van der Waals surface area contributed by atoms with Gasteiger partial charge in [-0.2, -0.15) is 0 Å². The number of benzene rings is 1. The van der Waals surface area contributed by atoms with Gasteiger partial charge in [-0.3, -0.25) is 0 Å². The van der Waals surface area contributed by atoms with Gasteiger partial charge in [0.25, 0.3) is 0 Å². The molecule has 18 heavy (non-hydrogen) atoms. The van der Waals surface area contributed by atoms with Crippen LogP contribution in [0.5, 0.6) is 0 Å². The Kier molecular flexibility index (Phi) is 4.10. The Hall–Kier alpha value is -0.840. The molecule has 96 valence electrons. The Balaban J connectivity index is 2.49. The monoisotopic (exact) mass is 331 g/mol. The molecule has 0 saturated carbocycles. The third-order valence-corrected chi connectivity index (χ3v) is 3.97. The van der Waals surface area contributed by atoms with Crippen LogP contribution in [0.3, 0.4) is 0 Å². The van der Waals surface area contributed by atoms with Crippen molar-refractivity contribution >= 4 is 27.5 Å². The standard InChI is InChI=1S/C13H12BrClFNO/c1-7-3-6-10(18-7)13(17-2)8-4-5-9(14)11(15)12(8)16/h3-6,13,17H,1-2H3. The third kappa shape index (κ3) is 2.46. The second-order valence-electron chi connectivity index (χ2n) is 3.93. The number of furan rings is 1. The van der Waals surface area contributed by atoms with Crippen molar-refractivity contribution in [3.63, 3.8) is 0 Å². The highest BCUT2D eigenvalue weighted by molar-refractivity contribution is 9.10. The van der Waals surface area contributed by atoms with Gasteiger partial charge in [0.2, 0.25) is 0 Å². The third-order valence-electron chi connectivity index (χ3n) is 2.71. The first kappa shape index (κ1) is 13.6. The Morgan fingerprint density at radius 3 is 2.61 bits per heavy atom. The molecule has 2 rings (SSSR count). The summed E-state index contributed by atoms with van der Waals surface area (Å²) in [6.07, 6.45) is 0. The summed E-state index contributed by atoms with van der Waals surface area (Å²) in [4.78, 5) is 0. The maximum atomic E-state index is 14.1. The first-order chi connectivity index (χ1) is 8.54. The number of rotatable bonds is 3. The lowest BCUT2D eigenvalue weighted by molar-refractivity contribution is 0.436. The summed E-state index contributed by atoms with van der Waals surface area (Å²) >= 11 is 9.09. The highest BCUT2D eigenvalue weighted by atomic mass is 79.9. The quantitative estimate of drug-likeness (QED) is 0.840. The lowest BCUT2D eigenvalue weighted by Gasteiger charge is -2.16. The molecule has 1 unspecified atom stereocenters. The molecule has 0 bridgehead atoms. The van der Waals surface area contributed by atoms with Crippen LogP contribution in [0.1, 0.15) is 23.1 Å². The summed E-state index contributed by atoms with van der Waals surface area (Å²) in [6.45, 7) is 1.85. The van der Waals surface area contributed by atoms with Crippen LogP contribution in [0.15, 0.2) is 33.2 Å². The second kappa shape index (κ2) is 5.43. The molecule has 2 aromatic rings. The van der Waals surface area contributed by atoms with Crippen molar-refractivity contribution in [2.45, 2.75) is 13.0 Å². The summed E-state index contributed by atoms with van der Waals surface area (Å²) in [5.41, 5.74) is 0.458. The average Bonchev–Trinajstić information content (AvgIpc) is 2.77. The van der Waals surface area contributed by atoms with E-state index in [9.17, 15) is 4.39 Å². The second-order valence-corrected chi connectivity index (χ2v) is 5.17.